The van der Waals surface area contributed by atoms with E-state index in [4.69, 9.17) is 9.84 Å². The molecule has 0 amide bonds. The molecule has 0 aliphatic rings. The van der Waals surface area contributed by atoms with Crippen LogP contribution in [-0.4, -0.2) is 24.3 Å². The van der Waals surface area contributed by atoms with Crippen molar-refractivity contribution in [3.8, 4) is 0 Å². The fourth-order valence-electron chi connectivity index (χ4n) is 1.12. The van der Waals surface area contributed by atoms with Crippen molar-refractivity contribution in [2.24, 2.45) is 5.92 Å². The fourth-order valence-corrected chi connectivity index (χ4v) is 1.12. The van der Waals surface area contributed by atoms with Crippen LogP contribution in [0, 0.1) is 5.92 Å². The van der Waals surface area contributed by atoms with Gasteiger partial charge in [-0.3, -0.25) is 0 Å². The van der Waals surface area contributed by atoms with Gasteiger partial charge in [0.25, 0.3) is 0 Å². The number of carboxylic acid groups (broad SMARTS) is 1. The molecule has 0 fully saturated rings. The zero-order valence-corrected chi connectivity index (χ0v) is 9.25. The topological polar surface area (TPSA) is 46.5 Å². The summed E-state index contributed by atoms with van der Waals surface area (Å²) in [6, 6.07) is 0. The van der Waals surface area contributed by atoms with E-state index in [-0.39, 0.29) is 0 Å². The first-order valence-electron chi connectivity index (χ1n) is 5.05. The normalized spacial score (nSPS) is 14.1. The van der Waals surface area contributed by atoms with Gasteiger partial charge < -0.3 is 9.84 Å². The average molecular weight is 200 g/mol. The largest absolute Gasteiger partial charge is 0.478 e. The van der Waals surface area contributed by atoms with Crippen molar-refractivity contribution in [2.45, 2.75) is 33.6 Å². The van der Waals surface area contributed by atoms with Gasteiger partial charge in [0, 0.05) is 12.2 Å². The molecule has 0 rings (SSSR count). The molecule has 1 atom stereocenters. The Hall–Kier alpha value is -0.830. The monoisotopic (exact) mass is 200 g/mol. The molecule has 0 spiro atoms. The zero-order valence-electron chi connectivity index (χ0n) is 9.25. The van der Waals surface area contributed by atoms with Gasteiger partial charge in [-0.2, -0.15) is 0 Å². The van der Waals surface area contributed by atoms with Crippen LogP contribution in [0.25, 0.3) is 0 Å². The molecule has 82 valence electrons. The molecule has 0 aliphatic carbocycles. The van der Waals surface area contributed by atoms with E-state index in [1.165, 1.54) is 0 Å². The number of hydrogen-bond acceptors (Lipinski definition) is 2. The van der Waals surface area contributed by atoms with E-state index in [1.54, 1.807) is 13.0 Å². The Morgan fingerprint density at radius 1 is 1.57 bits per heavy atom. The molecule has 3 nitrogen and oxygen atoms in total. The Labute approximate surface area is 85.8 Å². The molecule has 0 saturated heterocycles. The molecular weight excluding hydrogens is 180 g/mol. The Bertz CT molecular complexity index is 197. The smallest absolute Gasteiger partial charge is 0.331 e. The first kappa shape index (κ1) is 13.2. The third kappa shape index (κ3) is 6.66. The maximum atomic E-state index is 10.4. The summed E-state index contributed by atoms with van der Waals surface area (Å²) in [6.07, 6.45) is 3.91. The van der Waals surface area contributed by atoms with Crippen molar-refractivity contribution in [2.75, 3.05) is 13.2 Å². The van der Waals surface area contributed by atoms with Crippen LogP contribution in [-0.2, 0) is 9.53 Å². The van der Waals surface area contributed by atoms with E-state index >= 15 is 0 Å². The van der Waals surface area contributed by atoms with Crippen LogP contribution in [0.5, 0.6) is 0 Å². The highest BCUT2D eigenvalue weighted by Crippen LogP contribution is 2.05. The lowest BCUT2D eigenvalue weighted by Gasteiger charge is -2.09. The summed E-state index contributed by atoms with van der Waals surface area (Å²) in [5, 5.41) is 8.55. The molecule has 0 aromatic carbocycles. The third-order valence-electron chi connectivity index (χ3n) is 2.03. The zero-order chi connectivity index (χ0) is 11.0. The highest BCUT2D eigenvalue weighted by Gasteiger charge is 2.01. The van der Waals surface area contributed by atoms with Gasteiger partial charge in [0.05, 0.1) is 6.61 Å². The van der Waals surface area contributed by atoms with Gasteiger partial charge in [-0.1, -0.05) is 20.3 Å². The predicted molar refractivity (Wildman–Crippen MR) is 56.3 cm³/mol. The quantitative estimate of drug-likeness (QED) is 0.507. The summed E-state index contributed by atoms with van der Waals surface area (Å²) < 4.78 is 5.33. The molecule has 14 heavy (non-hydrogen) atoms. The highest BCUT2D eigenvalue weighted by molar-refractivity contribution is 5.85. The summed E-state index contributed by atoms with van der Waals surface area (Å²) in [7, 11) is 0. The molecule has 3 heteroatoms. The molecule has 0 saturated carbocycles. The van der Waals surface area contributed by atoms with Gasteiger partial charge >= 0.3 is 5.97 Å². The van der Waals surface area contributed by atoms with E-state index in [0.717, 1.165) is 12.8 Å². The van der Waals surface area contributed by atoms with Crippen LogP contribution >= 0.6 is 0 Å². The lowest BCUT2D eigenvalue weighted by molar-refractivity contribution is -0.132. The van der Waals surface area contributed by atoms with Gasteiger partial charge in [0.2, 0.25) is 0 Å². The van der Waals surface area contributed by atoms with Crippen LogP contribution in [0.4, 0.5) is 0 Å². The SMILES string of the molecule is CCCC(C)COC/C=C(/C)C(=O)O. The van der Waals surface area contributed by atoms with Gasteiger partial charge in [-0.25, -0.2) is 4.79 Å². The molecule has 0 radical (unpaired) electrons. The van der Waals surface area contributed by atoms with Gasteiger partial charge in [0.15, 0.2) is 0 Å². The summed E-state index contributed by atoms with van der Waals surface area (Å²) in [5.74, 6) is -0.325. The van der Waals surface area contributed by atoms with E-state index < -0.39 is 5.97 Å². The molecular formula is C11H20O3. The van der Waals surface area contributed by atoms with E-state index in [0.29, 0.717) is 24.7 Å². The van der Waals surface area contributed by atoms with Crippen molar-refractivity contribution in [1.82, 2.24) is 0 Å². The van der Waals surface area contributed by atoms with Crippen LogP contribution in [0.3, 0.4) is 0 Å². The molecule has 1 unspecified atom stereocenters. The van der Waals surface area contributed by atoms with Gasteiger partial charge in [-0.15, -0.1) is 0 Å². The minimum Gasteiger partial charge on any atom is -0.478 e. The van der Waals surface area contributed by atoms with Crippen molar-refractivity contribution < 1.29 is 14.6 Å². The Kier molecular flexibility index (Phi) is 7.11. The van der Waals surface area contributed by atoms with Crippen LogP contribution < -0.4 is 0 Å². The van der Waals surface area contributed by atoms with E-state index in [9.17, 15) is 4.79 Å². The first-order valence-corrected chi connectivity index (χ1v) is 5.05. The van der Waals surface area contributed by atoms with Crippen molar-refractivity contribution in [3.05, 3.63) is 11.6 Å². The summed E-state index contributed by atoms with van der Waals surface area (Å²) in [5.41, 5.74) is 0.341. The number of carbonyl (C=O) groups is 1. The second-order valence-electron chi connectivity index (χ2n) is 3.62. The molecule has 0 heterocycles. The molecule has 1 N–H and O–H groups in total. The average Bonchev–Trinajstić information content (AvgIpc) is 2.12. The molecule has 0 bridgehead atoms. The van der Waals surface area contributed by atoms with Crippen molar-refractivity contribution >= 4 is 5.97 Å². The number of carboxylic acids is 1. The minimum absolute atomic E-state index is 0.341. The Balaban J connectivity index is 3.55. The summed E-state index contributed by atoms with van der Waals surface area (Å²) in [6.45, 7) is 6.95. The lowest BCUT2D eigenvalue weighted by atomic mass is 10.1. The van der Waals surface area contributed by atoms with Gasteiger partial charge in [0.1, 0.15) is 0 Å². The van der Waals surface area contributed by atoms with Crippen molar-refractivity contribution in [1.29, 1.82) is 0 Å². The predicted octanol–water partition coefficient (Wildman–Crippen LogP) is 2.47. The number of aliphatic carboxylic acids is 1. The number of hydrogen-bond donors (Lipinski definition) is 1. The van der Waals surface area contributed by atoms with Crippen LogP contribution in [0.15, 0.2) is 11.6 Å². The Morgan fingerprint density at radius 2 is 2.21 bits per heavy atom. The summed E-state index contributed by atoms with van der Waals surface area (Å²) in [4.78, 5) is 10.4. The van der Waals surface area contributed by atoms with Gasteiger partial charge in [-0.05, 0) is 25.3 Å². The lowest BCUT2D eigenvalue weighted by Crippen LogP contribution is -2.06. The fraction of sp³-hybridized carbons (Fsp3) is 0.727. The second-order valence-corrected chi connectivity index (χ2v) is 3.62. The number of rotatable bonds is 7. The maximum Gasteiger partial charge on any atom is 0.331 e. The van der Waals surface area contributed by atoms with E-state index in [1.807, 2.05) is 0 Å². The molecule has 0 aliphatic heterocycles. The first-order chi connectivity index (χ1) is 6.57. The number of ether oxygens (including phenoxy) is 1. The van der Waals surface area contributed by atoms with Crippen LogP contribution in [0.1, 0.15) is 33.6 Å². The summed E-state index contributed by atoms with van der Waals surface area (Å²) >= 11 is 0. The molecule has 0 aromatic heterocycles. The highest BCUT2D eigenvalue weighted by atomic mass is 16.5. The van der Waals surface area contributed by atoms with Crippen LogP contribution in [0.2, 0.25) is 0 Å². The Morgan fingerprint density at radius 3 is 2.71 bits per heavy atom. The maximum absolute atomic E-state index is 10.4. The standard InChI is InChI=1S/C11H20O3/c1-4-5-9(2)8-14-7-6-10(3)11(12)13/h6,9H,4-5,7-8H2,1-3H3,(H,12,13)/b10-6-. The van der Waals surface area contributed by atoms with E-state index in [2.05, 4.69) is 13.8 Å². The second kappa shape index (κ2) is 7.56. The molecule has 0 aromatic rings. The minimum atomic E-state index is -0.879. The third-order valence-corrected chi connectivity index (χ3v) is 2.03. The van der Waals surface area contributed by atoms with Crippen molar-refractivity contribution in [3.63, 3.8) is 0 Å².